The van der Waals surface area contributed by atoms with Gasteiger partial charge in [-0.3, -0.25) is 4.79 Å². The molecular formula is C21H22O3. The minimum absolute atomic E-state index is 0.0493. The molecule has 1 aliphatic carbocycles. The molecule has 124 valence electrons. The zero-order valence-corrected chi connectivity index (χ0v) is 14.5. The molecule has 0 spiro atoms. The van der Waals surface area contributed by atoms with E-state index in [0.29, 0.717) is 11.3 Å². The van der Waals surface area contributed by atoms with E-state index in [9.17, 15) is 4.79 Å². The summed E-state index contributed by atoms with van der Waals surface area (Å²) in [5.74, 6) is 0.538. The van der Waals surface area contributed by atoms with Gasteiger partial charge in [-0.05, 0) is 31.9 Å². The van der Waals surface area contributed by atoms with Crippen LogP contribution in [0.15, 0.2) is 60.4 Å². The molecule has 0 amide bonds. The predicted molar refractivity (Wildman–Crippen MR) is 94.5 cm³/mol. The number of carbonyl (C=O) groups excluding carboxylic acids is 1. The van der Waals surface area contributed by atoms with Crippen LogP contribution in [0.25, 0.3) is 5.57 Å². The highest BCUT2D eigenvalue weighted by atomic mass is 16.6. The number of ether oxygens (including phenoxy) is 2. The number of methoxy groups -OCH3 is 1. The molecule has 0 bridgehead atoms. The van der Waals surface area contributed by atoms with Gasteiger partial charge >= 0.3 is 0 Å². The fraction of sp³-hybridized carbons (Fsp3) is 0.286. The average molecular weight is 322 g/mol. The number of carbonyl (C=O) groups is 1. The zero-order valence-electron chi connectivity index (χ0n) is 14.5. The number of hydrogen-bond donors (Lipinski definition) is 0. The molecule has 3 heteroatoms. The maximum Gasteiger partial charge on any atom is 0.213 e. The first-order valence-electron chi connectivity index (χ1n) is 8.14. The average Bonchev–Trinajstić information content (AvgIpc) is 2.58. The van der Waals surface area contributed by atoms with E-state index in [1.165, 1.54) is 0 Å². The van der Waals surface area contributed by atoms with Crippen LogP contribution in [-0.4, -0.2) is 19.0 Å². The molecule has 0 saturated carbocycles. The van der Waals surface area contributed by atoms with Gasteiger partial charge in [0.2, 0.25) is 11.4 Å². The fourth-order valence-electron chi connectivity index (χ4n) is 3.09. The number of ketones is 1. The summed E-state index contributed by atoms with van der Waals surface area (Å²) in [6.07, 6.45) is -0.0493. The number of hydrogen-bond acceptors (Lipinski definition) is 3. The van der Waals surface area contributed by atoms with E-state index in [1.807, 2.05) is 75.4 Å². The summed E-state index contributed by atoms with van der Waals surface area (Å²) in [5, 5.41) is 0. The van der Waals surface area contributed by atoms with E-state index >= 15 is 0 Å². The molecule has 0 radical (unpaired) electrons. The van der Waals surface area contributed by atoms with Gasteiger partial charge in [0.1, 0.15) is 0 Å². The Morgan fingerprint density at radius 3 is 2.12 bits per heavy atom. The van der Waals surface area contributed by atoms with Crippen molar-refractivity contribution in [2.75, 3.05) is 7.11 Å². The van der Waals surface area contributed by atoms with Crippen LogP contribution < -0.4 is 0 Å². The normalized spacial score (nSPS) is 20.3. The molecule has 3 rings (SSSR count). The highest BCUT2D eigenvalue weighted by molar-refractivity contribution is 6.33. The van der Waals surface area contributed by atoms with Gasteiger partial charge in [0.25, 0.3) is 0 Å². The summed E-state index contributed by atoms with van der Waals surface area (Å²) in [5.41, 5.74) is 2.25. The molecule has 24 heavy (non-hydrogen) atoms. The van der Waals surface area contributed by atoms with Gasteiger partial charge in [-0.2, -0.15) is 0 Å². The van der Waals surface area contributed by atoms with Crippen molar-refractivity contribution in [3.63, 3.8) is 0 Å². The van der Waals surface area contributed by atoms with Gasteiger partial charge in [-0.25, -0.2) is 0 Å². The molecule has 0 saturated heterocycles. The Balaban J connectivity index is 2.18. The standard InChI is InChI=1S/C21H22O3/c1-14(2)24-20-18(16-8-6-5-7-9-16)19(22)21(20,23-4)17-12-10-15(3)11-13-17/h5-14H,1-4H3. The summed E-state index contributed by atoms with van der Waals surface area (Å²) in [7, 11) is 1.56. The Kier molecular flexibility index (Phi) is 4.29. The van der Waals surface area contributed by atoms with Crippen molar-refractivity contribution in [3.05, 3.63) is 77.0 Å². The van der Waals surface area contributed by atoms with Crippen LogP contribution >= 0.6 is 0 Å². The van der Waals surface area contributed by atoms with Crippen LogP contribution in [-0.2, 0) is 19.9 Å². The highest BCUT2D eigenvalue weighted by Gasteiger charge is 2.58. The Morgan fingerprint density at radius 1 is 0.958 bits per heavy atom. The van der Waals surface area contributed by atoms with Crippen molar-refractivity contribution < 1.29 is 14.3 Å². The molecule has 0 fully saturated rings. The van der Waals surface area contributed by atoms with E-state index in [-0.39, 0.29) is 11.9 Å². The van der Waals surface area contributed by atoms with Crippen LogP contribution in [0.3, 0.4) is 0 Å². The lowest BCUT2D eigenvalue weighted by Gasteiger charge is -2.43. The van der Waals surface area contributed by atoms with Crippen LogP contribution in [0.2, 0.25) is 0 Å². The summed E-state index contributed by atoms with van der Waals surface area (Å²) in [6.45, 7) is 5.92. The summed E-state index contributed by atoms with van der Waals surface area (Å²) < 4.78 is 11.8. The summed E-state index contributed by atoms with van der Waals surface area (Å²) in [6, 6.07) is 17.4. The van der Waals surface area contributed by atoms with Crippen molar-refractivity contribution in [2.24, 2.45) is 0 Å². The molecule has 3 nitrogen and oxygen atoms in total. The van der Waals surface area contributed by atoms with Gasteiger partial charge in [-0.1, -0.05) is 60.2 Å². The molecule has 0 aromatic heterocycles. The zero-order chi connectivity index (χ0) is 17.3. The van der Waals surface area contributed by atoms with Gasteiger partial charge in [0.05, 0.1) is 11.7 Å². The fourth-order valence-corrected chi connectivity index (χ4v) is 3.09. The van der Waals surface area contributed by atoms with Crippen LogP contribution in [0.5, 0.6) is 0 Å². The van der Waals surface area contributed by atoms with E-state index in [1.54, 1.807) is 7.11 Å². The molecule has 0 heterocycles. The number of rotatable bonds is 5. The SMILES string of the molecule is COC1(c2ccc(C)cc2)C(=O)C(c2ccccc2)=C1OC(C)C. The van der Waals surface area contributed by atoms with Crippen molar-refractivity contribution in [1.29, 1.82) is 0 Å². The van der Waals surface area contributed by atoms with Gasteiger partial charge in [-0.15, -0.1) is 0 Å². The smallest absolute Gasteiger partial charge is 0.213 e. The first-order chi connectivity index (χ1) is 11.5. The summed E-state index contributed by atoms with van der Waals surface area (Å²) in [4.78, 5) is 13.1. The van der Waals surface area contributed by atoms with E-state index in [4.69, 9.17) is 9.47 Å². The van der Waals surface area contributed by atoms with Crippen molar-refractivity contribution in [2.45, 2.75) is 32.5 Å². The predicted octanol–water partition coefficient (Wildman–Crippen LogP) is 4.26. The van der Waals surface area contributed by atoms with Gasteiger partial charge in [0.15, 0.2) is 5.76 Å². The Morgan fingerprint density at radius 2 is 1.58 bits per heavy atom. The number of aryl methyl sites for hydroxylation is 1. The second-order valence-electron chi connectivity index (χ2n) is 6.32. The maximum absolute atomic E-state index is 13.1. The maximum atomic E-state index is 13.1. The van der Waals surface area contributed by atoms with Crippen molar-refractivity contribution in [3.8, 4) is 0 Å². The number of benzene rings is 2. The second-order valence-corrected chi connectivity index (χ2v) is 6.32. The largest absolute Gasteiger partial charge is 0.491 e. The third-order valence-corrected chi connectivity index (χ3v) is 4.27. The molecule has 0 N–H and O–H groups in total. The Bertz CT molecular complexity index is 772. The van der Waals surface area contributed by atoms with Crippen LogP contribution in [0.1, 0.15) is 30.5 Å². The van der Waals surface area contributed by atoms with Crippen molar-refractivity contribution in [1.82, 2.24) is 0 Å². The third kappa shape index (κ3) is 2.45. The Hall–Kier alpha value is -2.39. The molecule has 1 atom stereocenters. The topological polar surface area (TPSA) is 35.5 Å². The van der Waals surface area contributed by atoms with Gasteiger partial charge < -0.3 is 9.47 Å². The molecule has 1 unspecified atom stereocenters. The monoisotopic (exact) mass is 322 g/mol. The van der Waals surface area contributed by atoms with E-state index < -0.39 is 5.60 Å². The molecule has 2 aromatic carbocycles. The highest BCUT2D eigenvalue weighted by Crippen LogP contribution is 2.51. The minimum Gasteiger partial charge on any atom is -0.491 e. The third-order valence-electron chi connectivity index (χ3n) is 4.27. The lowest BCUT2D eigenvalue weighted by Crippen LogP contribution is -2.50. The minimum atomic E-state index is -1.15. The molecule has 2 aromatic rings. The van der Waals surface area contributed by atoms with Crippen molar-refractivity contribution >= 4 is 11.4 Å². The Labute approximate surface area is 142 Å². The lowest BCUT2D eigenvalue weighted by molar-refractivity contribution is -0.143. The van der Waals surface area contributed by atoms with Crippen LogP contribution in [0.4, 0.5) is 0 Å². The molecule has 0 aliphatic heterocycles. The van der Waals surface area contributed by atoms with Gasteiger partial charge in [0, 0.05) is 7.11 Å². The lowest BCUT2D eigenvalue weighted by atomic mass is 9.70. The summed E-state index contributed by atoms with van der Waals surface area (Å²) >= 11 is 0. The first-order valence-corrected chi connectivity index (χ1v) is 8.14. The van der Waals surface area contributed by atoms with E-state index in [0.717, 1.165) is 16.7 Å². The second kappa shape index (κ2) is 6.25. The molecular weight excluding hydrogens is 300 g/mol. The van der Waals surface area contributed by atoms with Crippen LogP contribution in [0, 0.1) is 6.92 Å². The number of Topliss-reactive ketones (excluding diaryl/α,β-unsaturated/α-hetero) is 1. The quantitative estimate of drug-likeness (QED) is 0.825. The van der Waals surface area contributed by atoms with E-state index in [2.05, 4.69) is 0 Å². The molecule has 1 aliphatic rings. The first kappa shape index (κ1) is 16.5.